The van der Waals surface area contributed by atoms with Gasteiger partial charge in [-0.1, -0.05) is 6.92 Å². The monoisotopic (exact) mass is 130 g/mol. The smallest absolute Gasteiger partial charge is 0.0507 e. The van der Waals surface area contributed by atoms with Gasteiger partial charge in [0.15, 0.2) is 0 Å². The molecule has 0 spiro atoms. The number of rotatable bonds is 1. The highest BCUT2D eigenvalue weighted by Gasteiger charge is 2.19. The fourth-order valence-corrected chi connectivity index (χ4v) is 1.13. The first kappa shape index (κ1) is 6.99. The minimum Gasteiger partial charge on any atom is -0.381 e. The van der Waals surface area contributed by atoms with Crippen LogP contribution in [-0.4, -0.2) is 19.3 Å². The van der Waals surface area contributed by atoms with Crippen LogP contribution >= 0.6 is 0 Å². The molecule has 1 rings (SSSR count). The summed E-state index contributed by atoms with van der Waals surface area (Å²) >= 11 is 0. The fraction of sp³-hybridized carbons (Fsp3) is 1.00. The molecule has 1 fully saturated rings. The van der Waals surface area contributed by atoms with Gasteiger partial charge in [-0.15, -0.1) is 0 Å². The molecule has 0 bridgehead atoms. The molecule has 9 heavy (non-hydrogen) atoms. The maximum atomic E-state index is 5.29. The van der Waals surface area contributed by atoms with E-state index in [4.69, 9.17) is 10.6 Å². The predicted molar refractivity (Wildman–Crippen MR) is 35.7 cm³/mol. The topological polar surface area (TPSA) is 47.3 Å². The summed E-state index contributed by atoms with van der Waals surface area (Å²) in [5, 5.41) is 0. The summed E-state index contributed by atoms with van der Waals surface area (Å²) in [6, 6.07) is 0.457. The Morgan fingerprint density at radius 2 is 2.44 bits per heavy atom. The van der Waals surface area contributed by atoms with Crippen molar-refractivity contribution < 1.29 is 4.74 Å². The lowest BCUT2D eigenvalue weighted by molar-refractivity contribution is 0.0392. The van der Waals surface area contributed by atoms with E-state index in [0.29, 0.717) is 12.0 Å². The molecule has 1 saturated heterocycles. The number of ether oxygens (including phenoxy) is 1. The van der Waals surface area contributed by atoms with E-state index in [1.807, 2.05) is 0 Å². The van der Waals surface area contributed by atoms with Gasteiger partial charge in [0.05, 0.1) is 6.61 Å². The van der Waals surface area contributed by atoms with Crippen molar-refractivity contribution in [1.29, 1.82) is 0 Å². The van der Waals surface area contributed by atoms with Crippen LogP contribution in [0.25, 0.3) is 0 Å². The Morgan fingerprint density at radius 3 is 2.89 bits per heavy atom. The molecule has 0 aliphatic carbocycles. The Morgan fingerprint density at radius 1 is 1.67 bits per heavy atom. The Hall–Kier alpha value is -0.120. The van der Waals surface area contributed by atoms with E-state index in [0.717, 1.165) is 19.6 Å². The van der Waals surface area contributed by atoms with Crippen LogP contribution < -0.4 is 11.3 Å². The fourth-order valence-electron chi connectivity index (χ4n) is 1.13. The SMILES string of the molecule is C[C@H]1COCC[C@H]1NN. The molecule has 0 saturated carbocycles. The summed E-state index contributed by atoms with van der Waals surface area (Å²) < 4.78 is 5.22. The van der Waals surface area contributed by atoms with Crippen LogP contribution in [0.2, 0.25) is 0 Å². The van der Waals surface area contributed by atoms with Gasteiger partial charge in [-0.2, -0.15) is 0 Å². The van der Waals surface area contributed by atoms with E-state index >= 15 is 0 Å². The lowest BCUT2D eigenvalue weighted by atomic mass is 9.99. The Labute approximate surface area is 55.5 Å². The molecule has 3 heteroatoms. The molecule has 0 aromatic carbocycles. The summed E-state index contributed by atoms with van der Waals surface area (Å²) in [5.41, 5.74) is 2.77. The third kappa shape index (κ3) is 1.64. The molecule has 1 heterocycles. The zero-order valence-corrected chi connectivity index (χ0v) is 5.76. The van der Waals surface area contributed by atoms with Crippen molar-refractivity contribution in [2.75, 3.05) is 13.2 Å². The van der Waals surface area contributed by atoms with Crippen LogP contribution in [0.1, 0.15) is 13.3 Å². The first-order chi connectivity index (χ1) is 4.34. The normalized spacial score (nSPS) is 36.7. The molecule has 3 nitrogen and oxygen atoms in total. The van der Waals surface area contributed by atoms with E-state index < -0.39 is 0 Å². The first-order valence-electron chi connectivity index (χ1n) is 3.38. The van der Waals surface area contributed by atoms with Crippen LogP contribution in [0, 0.1) is 5.92 Å². The average Bonchev–Trinajstić information content (AvgIpc) is 1.89. The lowest BCUT2D eigenvalue weighted by Crippen LogP contribution is -2.44. The predicted octanol–water partition coefficient (Wildman–Crippen LogP) is -0.125. The second-order valence-electron chi connectivity index (χ2n) is 2.61. The maximum absolute atomic E-state index is 5.29. The second-order valence-corrected chi connectivity index (χ2v) is 2.61. The largest absolute Gasteiger partial charge is 0.381 e. The standard InChI is InChI=1S/C6H14N2O/c1-5-4-9-3-2-6(5)8-7/h5-6,8H,2-4,7H2,1H3/t5-,6+/m0/s1. The molecule has 54 valence electrons. The van der Waals surface area contributed by atoms with E-state index in [9.17, 15) is 0 Å². The Bertz CT molecular complexity index is 87.1. The molecule has 3 N–H and O–H groups in total. The first-order valence-corrected chi connectivity index (χ1v) is 3.38. The van der Waals surface area contributed by atoms with E-state index in [1.54, 1.807) is 0 Å². The van der Waals surface area contributed by atoms with Crippen molar-refractivity contribution in [3.63, 3.8) is 0 Å². The van der Waals surface area contributed by atoms with Crippen molar-refractivity contribution in [3.05, 3.63) is 0 Å². The number of hydrogen-bond acceptors (Lipinski definition) is 3. The van der Waals surface area contributed by atoms with Gasteiger partial charge in [0.2, 0.25) is 0 Å². The highest BCUT2D eigenvalue weighted by molar-refractivity contribution is 4.73. The Balaban J connectivity index is 2.30. The third-order valence-electron chi connectivity index (χ3n) is 1.85. The number of nitrogens with one attached hydrogen (secondary N) is 1. The van der Waals surface area contributed by atoms with E-state index in [2.05, 4.69) is 12.3 Å². The minimum absolute atomic E-state index is 0.457. The molecule has 0 unspecified atom stereocenters. The molecule has 2 atom stereocenters. The average molecular weight is 130 g/mol. The highest BCUT2D eigenvalue weighted by atomic mass is 16.5. The summed E-state index contributed by atoms with van der Waals surface area (Å²) in [6.07, 6.45) is 1.04. The molecule has 0 aromatic rings. The van der Waals surface area contributed by atoms with Gasteiger partial charge in [-0.25, -0.2) is 0 Å². The van der Waals surface area contributed by atoms with Gasteiger partial charge in [-0.3, -0.25) is 11.3 Å². The zero-order chi connectivity index (χ0) is 6.69. The molecule has 1 aliphatic heterocycles. The molecular weight excluding hydrogens is 116 g/mol. The third-order valence-corrected chi connectivity index (χ3v) is 1.85. The second kappa shape index (κ2) is 3.15. The van der Waals surface area contributed by atoms with Crippen molar-refractivity contribution in [2.24, 2.45) is 11.8 Å². The summed E-state index contributed by atoms with van der Waals surface area (Å²) in [6.45, 7) is 3.83. The van der Waals surface area contributed by atoms with Gasteiger partial charge in [-0.05, 0) is 12.3 Å². The van der Waals surface area contributed by atoms with Crippen molar-refractivity contribution in [2.45, 2.75) is 19.4 Å². The summed E-state index contributed by atoms with van der Waals surface area (Å²) in [7, 11) is 0. The van der Waals surface area contributed by atoms with Crippen LogP contribution in [0.5, 0.6) is 0 Å². The lowest BCUT2D eigenvalue weighted by Gasteiger charge is -2.27. The number of nitrogens with two attached hydrogens (primary N) is 1. The van der Waals surface area contributed by atoms with Gasteiger partial charge < -0.3 is 4.74 Å². The summed E-state index contributed by atoms with van der Waals surface area (Å²) in [4.78, 5) is 0. The van der Waals surface area contributed by atoms with Crippen molar-refractivity contribution >= 4 is 0 Å². The van der Waals surface area contributed by atoms with Crippen LogP contribution in [0.4, 0.5) is 0 Å². The molecule has 0 amide bonds. The molecule has 0 aromatic heterocycles. The number of hydrogen-bond donors (Lipinski definition) is 2. The van der Waals surface area contributed by atoms with Crippen LogP contribution in [-0.2, 0) is 4.74 Å². The number of hydrazine groups is 1. The highest BCUT2D eigenvalue weighted by Crippen LogP contribution is 2.12. The van der Waals surface area contributed by atoms with Gasteiger partial charge in [0.1, 0.15) is 0 Å². The van der Waals surface area contributed by atoms with Crippen molar-refractivity contribution in [1.82, 2.24) is 5.43 Å². The molecule has 1 aliphatic rings. The van der Waals surface area contributed by atoms with Crippen LogP contribution in [0.3, 0.4) is 0 Å². The minimum atomic E-state index is 0.457. The van der Waals surface area contributed by atoms with E-state index in [1.165, 1.54) is 0 Å². The molecule has 0 radical (unpaired) electrons. The van der Waals surface area contributed by atoms with Gasteiger partial charge >= 0.3 is 0 Å². The quantitative estimate of drug-likeness (QED) is 0.384. The van der Waals surface area contributed by atoms with Gasteiger partial charge in [0, 0.05) is 12.6 Å². The zero-order valence-electron chi connectivity index (χ0n) is 5.76. The van der Waals surface area contributed by atoms with Gasteiger partial charge in [0.25, 0.3) is 0 Å². The summed E-state index contributed by atoms with van der Waals surface area (Å²) in [5.74, 6) is 5.85. The molecular formula is C6H14N2O. The van der Waals surface area contributed by atoms with Crippen LogP contribution in [0.15, 0.2) is 0 Å². The van der Waals surface area contributed by atoms with E-state index in [-0.39, 0.29) is 0 Å². The maximum Gasteiger partial charge on any atom is 0.0507 e. The van der Waals surface area contributed by atoms with Crippen molar-refractivity contribution in [3.8, 4) is 0 Å². The Kier molecular flexibility index (Phi) is 2.45.